The van der Waals surface area contributed by atoms with E-state index >= 15 is 0 Å². The van der Waals surface area contributed by atoms with Crippen molar-refractivity contribution in [3.8, 4) is 5.75 Å². The molecule has 5 nitrogen and oxygen atoms in total. The maximum absolute atomic E-state index is 5.65. The minimum absolute atomic E-state index is 0.597. The van der Waals surface area contributed by atoms with Gasteiger partial charge in [-0.1, -0.05) is 18.2 Å². The van der Waals surface area contributed by atoms with E-state index in [4.69, 9.17) is 4.74 Å². The molecule has 0 spiro atoms. The number of nitrogens with zero attached hydrogens (tertiary/aromatic N) is 2. The highest BCUT2D eigenvalue weighted by molar-refractivity contribution is 5.79. The molecule has 0 aliphatic rings. The fourth-order valence-corrected chi connectivity index (χ4v) is 2.02. The van der Waals surface area contributed by atoms with E-state index in [0.717, 1.165) is 18.3 Å². The van der Waals surface area contributed by atoms with E-state index in [1.54, 1.807) is 0 Å². The Balaban J connectivity index is 1.76. The highest BCUT2D eigenvalue weighted by Crippen LogP contribution is 2.07. The van der Waals surface area contributed by atoms with Crippen LogP contribution in [0.4, 0.5) is 0 Å². The monoisotopic (exact) mass is 300 g/mol. The van der Waals surface area contributed by atoms with E-state index in [-0.39, 0.29) is 0 Å². The van der Waals surface area contributed by atoms with Crippen LogP contribution < -0.4 is 15.4 Å². The average Bonchev–Trinajstić information content (AvgIpc) is 2.95. The van der Waals surface area contributed by atoms with Crippen LogP contribution in [0.3, 0.4) is 0 Å². The Morgan fingerprint density at radius 2 is 2.00 bits per heavy atom. The second kappa shape index (κ2) is 8.77. The Hall–Kier alpha value is -2.43. The first-order chi connectivity index (χ1) is 10.8. The molecule has 0 aliphatic carbocycles. The molecule has 0 saturated heterocycles. The maximum Gasteiger partial charge on any atom is 0.191 e. The number of guanidine groups is 1. The van der Waals surface area contributed by atoms with Crippen LogP contribution in [-0.4, -0.2) is 30.2 Å². The first-order valence-corrected chi connectivity index (χ1v) is 7.59. The van der Waals surface area contributed by atoms with E-state index in [1.165, 1.54) is 5.56 Å². The number of hydrogen-bond donors (Lipinski definition) is 2. The molecule has 5 heteroatoms. The number of ether oxygens (including phenoxy) is 1. The molecule has 0 radical (unpaired) electrons. The van der Waals surface area contributed by atoms with Gasteiger partial charge in [0, 0.05) is 26.0 Å². The Labute approximate surface area is 132 Å². The zero-order valence-corrected chi connectivity index (χ0v) is 13.2. The van der Waals surface area contributed by atoms with Gasteiger partial charge in [-0.2, -0.15) is 0 Å². The SMILES string of the molecule is CCNC(=NCc1ccn(C)c1)NCCOc1ccccc1. The van der Waals surface area contributed by atoms with Gasteiger partial charge in [-0.05, 0) is 30.7 Å². The van der Waals surface area contributed by atoms with Crippen LogP contribution in [0.2, 0.25) is 0 Å². The van der Waals surface area contributed by atoms with E-state index in [9.17, 15) is 0 Å². The Morgan fingerprint density at radius 3 is 2.68 bits per heavy atom. The predicted molar refractivity (Wildman–Crippen MR) is 90.2 cm³/mol. The van der Waals surface area contributed by atoms with Gasteiger partial charge >= 0.3 is 0 Å². The van der Waals surface area contributed by atoms with Gasteiger partial charge in [0.05, 0.1) is 13.1 Å². The lowest BCUT2D eigenvalue weighted by Gasteiger charge is -2.12. The molecule has 1 aromatic heterocycles. The smallest absolute Gasteiger partial charge is 0.191 e. The predicted octanol–water partition coefficient (Wildman–Crippen LogP) is 2.16. The molecule has 2 aromatic rings. The summed E-state index contributed by atoms with van der Waals surface area (Å²) in [5, 5.41) is 6.51. The third-order valence-corrected chi connectivity index (χ3v) is 3.06. The number of rotatable bonds is 7. The van der Waals surface area contributed by atoms with Gasteiger partial charge in [0.25, 0.3) is 0 Å². The number of aliphatic imine (C=N–C) groups is 1. The first kappa shape index (κ1) is 15.9. The van der Waals surface area contributed by atoms with Crippen LogP contribution in [0.1, 0.15) is 12.5 Å². The highest BCUT2D eigenvalue weighted by Gasteiger charge is 1.99. The summed E-state index contributed by atoms with van der Waals surface area (Å²) in [4.78, 5) is 4.57. The lowest BCUT2D eigenvalue weighted by atomic mass is 10.3. The summed E-state index contributed by atoms with van der Waals surface area (Å²) in [6, 6.07) is 11.9. The molecule has 0 amide bonds. The average molecular weight is 300 g/mol. The molecular formula is C17H24N4O. The number of nitrogens with one attached hydrogen (secondary N) is 2. The minimum Gasteiger partial charge on any atom is -0.492 e. The fraction of sp³-hybridized carbons (Fsp3) is 0.353. The molecule has 0 atom stereocenters. The largest absolute Gasteiger partial charge is 0.492 e. The van der Waals surface area contributed by atoms with Crippen LogP contribution in [0, 0.1) is 0 Å². The maximum atomic E-state index is 5.65. The summed E-state index contributed by atoms with van der Waals surface area (Å²) >= 11 is 0. The van der Waals surface area contributed by atoms with Gasteiger partial charge in [0.2, 0.25) is 0 Å². The fourth-order valence-electron chi connectivity index (χ4n) is 2.02. The summed E-state index contributed by atoms with van der Waals surface area (Å²) in [5.74, 6) is 1.69. The van der Waals surface area contributed by atoms with Gasteiger partial charge in [-0.3, -0.25) is 0 Å². The molecule has 0 bridgehead atoms. The number of aromatic nitrogens is 1. The normalized spacial score (nSPS) is 11.3. The second-order valence-electron chi connectivity index (χ2n) is 4.97. The standard InChI is InChI=1S/C17H24N4O/c1-3-18-17(20-13-15-9-11-21(2)14-15)19-10-12-22-16-7-5-4-6-8-16/h4-9,11,14H,3,10,12-13H2,1-2H3,(H2,18,19,20). The summed E-state index contributed by atoms with van der Waals surface area (Å²) < 4.78 is 7.68. The topological polar surface area (TPSA) is 50.6 Å². The third kappa shape index (κ3) is 5.52. The molecule has 1 aromatic carbocycles. The van der Waals surface area contributed by atoms with Crippen molar-refractivity contribution in [3.05, 3.63) is 54.4 Å². The molecule has 118 valence electrons. The molecule has 2 N–H and O–H groups in total. The number of benzene rings is 1. The molecule has 1 heterocycles. The van der Waals surface area contributed by atoms with Crippen molar-refractivity contribution in [2.75, 3.05) is 19.7 Å². The van der Waals surface area contributed by atoms with E-state index in [0.29, 0.717) is 19.7 Å². The van der Waals surface area contributed by atoms with Crippen LogP contribution >= 0.6 is 0 Å². The van der Waals surface area contributed by atoms with Crippen molar-refractivity contribution in [1.29, 1.82) is 0 Å². The number of para-hydroxylation sites is 1. The lowest BCUT2D eigenvalue weighted by molar-refractivity contribution is 0.322. The first-order valence-electron chi connectivity index (χ1n) is 7.59. The highest BCUT2D eigenvalue weighted by atomic mass is 16.5. The molecule has 0 aliphatic heterocycles. The Bertz CT molecular complexity index is 577. The number of aryl methyl sites for hydroxylation is 1. The lowest BCUT2D eigenvalue weighted by Crippen LogP contribution is -2.39. The Morgan fingerprint density at radius 1 is 1.18 bits per heavy atom. The minimum atomic E-state index is 0.597. The van der Waals surface area contributed by atoms with Gasteiger partial charge in [0.15, 0.2) is 5.96 Å². The van der Waals surface area contributed by atoms with Crippen molar-refractivity contribution in [1.82, 2.24) is 15.2 Å². The van der Waals surface area contributed by atoms with Crippen LogP contribution in [0.5, 0.6) is 5.75 Å². The molecule has 0 fully saturated rings. The van der Waals surface area contributed by atoms with E-state index in [1.807, 2.05) is 48.1 Å². The van der Waals surface area contributed by atoms with Gasteiger partial charge in [0.1, 0.15) is 12.4 Å². The van der Waals surface area contributed by atoms with Crippen molar-refractivity contribution in [2.24, 2.45) is 12.0 Å². The molecular weight excluding hydrogens is 276 g/mol. The summed E-state index contributed by atoms with van der Waals surface area (Å²) in [7, 11) is 2.01. The van der Waals surface area contributed by atoms with Gasteiger partial charge in [-0.25, -0.2) is 4.99 Å². The quantitative estimate of drug-likeness (QED) is 0.468. The van der Waals surface area contributed by atoms with Crippen molar-refractivity contribution in [2.45, 2.75) is 13.5 Å². The van der Waals surface area contributed by atoms with Crippen LogP contribution in [0.25, 0.3) is 0 Å². The summed E-state index contributed by atoms with van der Waals surface area (Å²) in [6.45, 7) is 4.85. The van der Waals surface area contributed by atoms with Crippen molar-refractivity contribution < 1.29 is 4.74 Å². The third-order valence-electron chi connectivity index (χ3n) is 3.06. The molecule has 0 saturated carbocycles. The van der Waals surface area contributed by atoms with Crippen LogP contribution in [-0.2, 0) is 13.6 Å². The second-order valence-corrected chi connectivity index (χ2v) is 4.97. The summed E-state index contributed by atoms with van der Waals surface area (Å²) in [6.07, 6.45) is 4.10. The Kier molecular flexibility index (Phi) is 6.36. The van der Waals surface area contributed by atoms with Crippen molar-refractivity contribution >= 4 is 5.96 Å². The van der Waals surface area contributed by atoms with Gasteiger partial charge < -0.3 is 19.9 Å². The molecule has 22 heavy (non-hydrogen) atoms. The number of hydrogen-bond acceptors (Lipinski definition) is 2. The summed E-state index contributed by atoms with van der Waals surface area (Å²) in [5.41, 5.74) is 1.19. The van der Waals surface area contributed by atoms with E-state index in [2.05, 4.69) is 34.8 Å². The molecule has 2 rings (SSSR count). The van der Waals surface area contributed by atoms with E-state index < -0.39 is 0 Å². The van der Waals surface area contributed by atoms with Gasteiger partial charge in [-0.15, -0.1) is 0 Å². The zero-order valence-electron chi connectivity index (χ0n) is 13.2. The molecule has 0 unspecified atom stereocenters. The van der Waals surface area contributed by atoms with Crippen LogP contribution in [0.15, 0.2) is 53.8 Å². The van der Waals surface area contributed by atoms with Crippen molar-refractivity contribution in [3.63, 3.8) is 0 Å². The zero-order chi connectivity index (χ0) is 15.6.